The summed E-state index contributed by atoms with van der Waals surface area (Å²) >= 11 is 12.6. The van der Waals surface area contributed by atoms with Crippen molar-refractivity contribution in [3.05, 3.63) is 86.8 Å². The van der Waals surface area contributed by atoms with Crippen LogP contribution in [0.1, 0.15) is 41.0 Å². The molecule has 186 valence electrons. The van der Waals surface area contributed by atoms with Crippen LogP contribution in [0.15, 0.2) is 48.8 Å². The van der Waals surface area contributed by atoms with Crippen LogP contribution in [-0.4, -0.2) is 46.4 Å². The van der Waals surface area contributed by atoms with Gasteiger partial charge in [-0.05, 0) is 54.8 Å². The van der Waals surface area contributed by atoms with E-state index in [1.54, 1.807) is 12.4 Å². The SMILES string of the molecule is Cc1cc(/C=C/c2n[nH]c3ccc(OC(C)c4c(Cl)cncc4Cl)cc23)ccc1CN1CCOCC1. The van der Waals surface area contributed by atoms with E-state index in [0.717, 1.165) is 55.0 Å². The lowest BCUT2D eigenvalue weighted by Gasteiger charge is -2.27. The van der Waals surface area contributed by atoms with Gasteiger partial charge in [-0.2, -0.15) is 5.10 Å². The number of benzene rings is 2. The molecule has 1 saturated heterocycles. The minimum atomic E-state index is -0.338. The van der Waals surface area contributed by atoms with Crippen molar-refractivity contribution in [2.45, 2.75) is 26.5 Å². The number of hydrogen-bond acceptors (Lipinski definition) is 5. The Hall–Kier alpha value is -2.90. The van der Waals surface area contributed by atoms with E-state index in [1.165, 1.54) is 11.1 Å². The largest absolute Gasteiger partial charge is 0.486 e. The molecule has 1 fully saturated rings. The molecule has 0 saturated carbocycles. The Labute approximate surface area is 220 Å². The van der Waals surface area contributed by atoms with Crippen molar-refractivity contribution < 1.29 is 9.47 Å². The van der Waals surface area contributed by atoms with Gasteiger partial charge < -0.3 is 9.47 Å². The zero-order valence-corrected chi connectivity index (χ0v) is 21.8. The first kappa shape index (κ1) is 24.8. The summed E-state index contributed by atoms with van der Waals surface area (Å²) in [6.07, 6.45) is 6.92. The van der Waals surface area contributed by atoms with Crippen LogP contribution < -0.4 is 4.74 Å². The molecule has 1 aliphatic heterocycles. The lowest BCUT2D eigenvalue weighted by Crippen LogP contribution is -2.35. The molecule has 5 rings (SSSR count). The number of ether oxygens (including phenoxy) is 2. The number of pyridine rings is 1. The van der Waals surface area contributed by atoms with Crippen molar-refractivity contribution in [1.82, 2.24) is 20.1 Å². The van der Waals surface area contributed by atoms with Gasteiger partial charge in [0.2, 0.25) is 0 Å². The van der Waals surface area contributed by atoms with Crippen LogP contribution in [0.2, 0.25) is 10.0 Å². The smallest absolute Gasteiger partial charge is 0.124 e. The van der Waals surface area contributed by atoms with E-state index in [2.05, 4.69) is 51.3 Å². The number of nitrogens with zero attached hydrogens (tertiary/aromatic N) is 3. The van der Waals surface area contributed by atoms with Crippen molar-refractivity contribution >= 4 is 46.3 Å². The molecule has 0 amide bonds. The lowest BCUT2D eigenvalue weighted by molar-refractivity contribution is 0.0341. The van der Waals surface area contributed by atoms with Gasteiger partial charge in [0, 0.05) is 43.0 Å². The van der Waals surface area contributed by atoms with Gasteiger partial charge in [-0.25, -0.2) is 0 Å². The average molecular weight is 523 g/mol. The molecule has 4 aromatic rings. The Morgan fingerprint density at radius 1 is 1.08 bits per heavy atom. The van der Waals surface area contributed by atoms with Crippen LogP contribution in [0.5, 0.6) is 5.75 Å². The van der Waals surface area contributed by atoms with E-state index >= 15 is 0 Å². The highest BCUT2D eigenvalue weighted by atomic mass is 35.5. The predicted octanol–water partition coefficient (Wildman–Crippen LogP) is 6.72. The molecule has 0 aliphatic carbocycles. The third kappa shape index (κ3) is 5.57. The highest BCUT2D eigenvalue weighted by Gasteiger charge is 2.17. The summed E-state index contributed by atoms with van der Waals surface area (Å²) in [6.45, 7) is 8.64. The van der Waals surface area contributed by atoms with Crippen LogP contribution in [0.25, 0.3) is 23.1 Å². The summed E-state index contributed by atoms with van der Waals surface area (Å²) < 4.78 is 11.6. The highest BCUT2D eigenvalue weighted by molar-refractivity contribution is 6.35. The number of hydrogen-bond donors (Lipinski definition) is 1. The fourth-order valence-electron chi connectivity index (χ4n) is 4.46. The molecule has 0 bridgehead atoms. The molecule has 36 heavy (non-hydrogen) atoms. The molecular formula is C28H28Cl2N4O2. The third-order valence-electron chi connectivity index (χ3n) is 6.47. The lowest BCUT2D eigenvalue weighted by atomic mass is 10.0. The van der Waals surface area contributed by atoms with E-state index < -0.39 is 0 Å². The number of aromatic amines is 1. The minimum Gasteiger partial charge on any atom is -0.486 e. The Bertz CT molecular complexity index is 1380. The summed E-state index contributed by atoms with van der Waals surface area (Å²) in [6, 6.07) is 12.4. The number of fused-ring (bicyclic) bond motifs is 1. The van der Waals surface area contributed by atoms with Crippen LogP contribution in [0, 0.1) is 6.92 Å². The summed E-state index contributed by atoms with van der Waals surface area (Å²) in [4.78, 5) is 6.45. The Morgan fingerprint density at radius 2 is 1.86 bits per heavy atom. The van der Waals surface area contributed by atoms with Gasteiger partial charge in [0.15, 0.2) is 0 Å². The van der Waals surface area contributed by atoms with Gasteiger partial charge in [0.05, 0.1) is 34.5 Å². The fourth-order valence-corrected chi connectivity index (χ4v) is 5.13. The van der Waals surface area contributed by atoms with Crippen LogP contribution in [0.3, 0.4) is 0 Å². The molecule has 8 heteroatoms. The normalized spacial score (nSPS) is 15.6. The van der Waals surface area contributed by atoms with Crippen LogP contribution in [0.4, 0.5) is 0 Å². The first-order valence-electron chi connectivity index (χ1n) is 12.0. The number of H-pyrrole nitrogens is 1. The van der Waals surface area contributed by atoms with Gasteiger partial charge >= 0.3 is 0 Å². The van der Waals surface area contributed by atoms with E-state index in [9.17, 15) is 0 Å². The average Bonchev–Trinajstić information content (AvgIpc) is 3.27. The van der Waals surface area contributed by atoms with Gasteiger partial charge in [-0.15, -0.1) is 0 Å². The maximum atomic E-state index is 6.30. The molecule has 1 unspecified atom stereocenters. The molecule has 3 heterocycles. The summed E-state index contributed by atoms with van der Waals surface area (Å²) in [5.74, 6) is 0.707. The first-order valence-corrected chi connectivity index (χ1v) is 12.7. The van der Waals surface area contributed by atoms with Gasteiger partial charge in [-0.3, -0.25) is 15.0 Å². The quantitative estimate of drug-likeness (QED) is 0.292. The number of nitrogens with one attached hydrogen (secondary N) is 1. The summed E-state index contributed by atoms with van der Waals surface area (Å²) in [7, 11) is 0. The van der Waals surface area contributed by atoms with Crippen molar-refractivity contribution in [1.29, 1.82) is 0 Å². The maximum absolute atomic E-state index is 6.30. The van der Waals surface area contributed by atoms with E-state index in [4.69, 9.17) is 32.7 Å². The predicted molar refractivity (Wildman–Crippen MR) is 146 cm³/mol. The highest BCUT2D eigenvalue weighted by Crippen LogP contribution is 2.33. The van der Waals surface area contributed by atoms with Crippen molar-refractivity contribution in [3.63, 3.8) is 0 Å². The second kappa shape index (κ2) is 11.0. The molecule has 2 aromatic heterocycles. The van der Waals surface area contributed by atoms with E-state index in [-0.39, 0.29) is 6.10 Å². The molecule has 2 aromatic carbocycles. The number of halogens is 2. The van der Waals surface area contributed by atoms with E-state index in [0.29, 0.717) is 21.4 Å². The zero-order valence-electron chi connectivity index (χ0n) is 20.3. The topological polar surface area (TPSA) is 63.3 Å². The number of rotatable bonds is 7. The monoisotopic (exact) mass is 522 g/mol. The van der Waals surface area contributed by atoms with E-state index in [1.807, 2.05) is 31.2 Å². The zero-order chi connectivity index (χ0) is 25.1. The maximum Gasteiger partial charge on any atom is 0.124 e. The number of morpholine rings is 1. The molecule has 0 radical (unpaired) electrons. The van der Waals surface area contributed by atoms with Crippen molar-refractivity contribution in [3.8, 4) is 5.75 Å². The van der Waals surface area contributed by atoms with Crippen molar-refractivity contribution in [2.75, 3.05) is 26.3 Å². The van der Waals surface area contributed by atoms with Gasteiger partial charge in [0.1, 0.15) is 11.9 Å². The minimum absolute atomic E-state index is 0.338. The molecule has 1 N–H and O–H groups in total. The van der Waals surface area contributed by atoms with Gasteiger partial charge in [-0.1, -0.05) is 47.5 Å². The second-order valence-electron chi connectivity index (χ2n) is 9.00. The molecule has 1 atom stereocenters. The second-order valence-corrected chi connectivity index (χ2v) is 9.82. The van der Waals surface area contributed by atoms with Gasteiger partial charge in [0.25, 0.3) is 0 Å². The molecule has 6 nitrogen and oxygen atoms in total. The Balaban J connectivity index is 1.32. The number of aromatic nitrogens is 3. The molecule has 1 aliphatic rings. The summed E-state index contributed by atoms with van der Waals surface area (Å²) in [5.41, 5.74) is 6.27. The fraction of sp³-hybridized carbons (Fsp3) is 0.286. The standard InChI is InChI=1S/C28H28Cl2N4O2/c1-18-13-20(3-5-21(18)17-34-9-11-35-12-10-34)4-7-26-23-14-22(6-8-27(23)33-32-26)36-19(2)28-24(29)15-31-16-25(28)30/h3-8,13-16,19H,9-12,17H2,1-2H3,(H,32,33)/b7-4+. The molecular weight excluding hydrogens is 495 g/mol. The third-order valence-corrected chi connectivity index (χ3v) is 7.07. The molecule has 0 spiro atoms. The Morgan fingerprint density at radius 3 is 2.61 bits per heavy atom. The Kier molecular flexibility index (Phi) is 7.58. The first-order chi connectivity index (χ1) is 17.5. The van der Waals surface area contributed by atoms with Crippen LogP contribution >= 0.6 is 23.2 Å². The number of aryl methyl sites for hydroxylation is 1. The van der Waals surface area contributed by atoms with Crippen LogP contribution in [-0.2, 0) is 11.3 Å². The summed E-state index contributed by atoms with van der Waals surface area (Å²) in [5, 5.41) is 9.53. The van der Waals surface area contributed by atoms with Crippen molar-refractivity contribution in [2.24, 2.45) is 0 Å².